The van der Waals surface area contributed by atoms with Crippen LogP contribution in [-0.2, 0) is 0 Å². The second-order valence-corrected chi connectivity index (χ2v) is 3.62. The molecule has 0 aliphatic carbocycles. The molecule has 2 aromatic rings. The second kappa shape index (κ2) is 4.25. The molecule has 0 aliphatic rings. The van der Waals surface area contributed by atoms with Gasteiger partial charge in [-0.05, 0) is 19.1 Å². The largest absolute Gasteiger partial charge is 0.382 e. The van der Waals surface area contributed by atoms with Crippen molar-refractivity contribution in [1.82, 2.24) is 20.1 Å². The average molecular weight is 231 g/mol. The smallest absolute Gasteiger partial charge is 0.269 e. The van der Waals surface area contributed by atoms with E-state index in [4.69, 9.17) is 5.73 Å². The number of nitrogens with one attached hydrogen (secondary N) is 1. The van der Waals surface area contributed by atoms with Gasteiger partial charge in [-0.25, -0.2) is 4.68 Å². The van der Waals surface area contributed by atoms with Gasteiger partial charge in [-0.3, -0.25) is 9.78 Å². The molecule has 6 nitrogen and oxygen atoms in total. The number of pyridine rings is 1. The zero-order chi connectivity index (χ0) is 12.4. The molecule has 0 saturated heterocycles. The third kappa shape index (κ3) is 2.10. The van der Waals surface area contributed by atoms with Gasteiger partial charge < -0.3 is 11.1 Å². The summed E-state index contributed by atoms with van der Waals surface area (Å²) in [4.78, 5) is 15.4. The molecule has 0 radical (unpaired) electrons. The number of hydrogen-bond acceptors (Lipinski definition) is 4. The van der Waals surface area contributed by atoms with Crippen molar-refractivity contribution in [3.63, 3.8) is 0 Å². The van der Waals surface area contributed by atoms with E-state index in [1.807, 2.05) is 6.92 Å². The van der Waals surface area contributed by atoms with Gasteiger partial charge in [0.15, 0.2) is 0 Å². The summed E-state index contributed by atoms with van der Waals surface area (Å²) < 4.78 is 1.62. The molecule has 88 valence electrons. The maximum atomic E-state index is 11.4. The van der Waals surface area contributed by atoms with E-state index >= 15 is 0 Å². The number of carbonyl (C=O) groups is 1. The maximum absolute atomic E-state index is 11.4. The first-order chi connectivity index (χ1) is 8.11. The summed E-state index contributed by atoms with van der Waals surface area (Å²) in [5.41, 5.74) is 7.66. The molecule has 0 fully saturated rings. The molecule has 2 aromatic heterocycles. The first-order valence-corrected chi connectivity index (χ1v) is 5.12. The van der Waals surface area contributed by atoms with Gasteiger partial charge in [-0.2, -0.15) is 5.10 Å². The van der Waals surface area contributed by atoms with Crippen molar-refractivity contribution in [2.24, 2.45) is 0 Å². The molecule has 0 aromatic carbocycles. The first kappa shape index (κ1) is 11.1. The van der Waals surface area contributed by atoms with E-state index in [1.165, 1.54) is 0 Å². The molecule has 0 bridgehead atoms. The van der Waals surface area contributed by atoms with E-state index in [0.29, 0.717) is 11.5 Å². The lowest BCUT2D eigenvalue weighted by molar-refractivity contribution is 0.0958. The molecule has 0 saturated carbocycles. The SMILES string of the molecule is CNC(=O)c1cc(-n2cc(C)c(N)n2)ccn1. The normalized spacial score (nSPS) is 10.2. The van der Waals surface area contributed by atoms with Crippen LogP contribution in [0.4, 0.5) is 5.82 Å². The van der Waals surface area contributed by atoms with E-state index < -0.39 is 0 Å². The quantitative estimate of drug-likeness (QED) is 0.788. The minimum absolute atomic E-state index is 0.233. The van der Waals surface area contributed by atoms with Gasteiger partial charge in [0, 0.05) is 25.0 Å². The van der Waals surface area contributed by atoms with Crippen molar-refractivity contribution in [2.75, 3.05) is 12.8 Å². The van der Waals surface area contributed by atoms with Crippen molar-refractivity contribution in [1.29, 1.82) is 0 Å². The number of aromatic nitrogens is 3. The number of rotatable bonds is 2. The number of nitrogens with two attached hydrogens (primary N) is 1. The van der Waals surface area contributed by atoms with Crippen LogP contribution in [0.3, 0.4) is 0 Å². The van der Waals surface area contributed by atoms with Crippen LogP contribution in [0, 0.1) is 6.92 Å². The van der Waals surface area contributed by atoms with Gasteiger partial charge in [0.05, 0.1) is 5.69 Å². The fourth-order valence-electron chi connectivity index (χ4n) is 1.42. The monoisotopic (exact) mass is 231 g/mol. The molecular weight excluding hydrogens is 218 g/mol. The van der Waals surface area contributed by atoms with Crippen LogP contribution in [0.25, 0.3) is 5.69 Å². The zero-order valence-corrected chi connectivity index (χ0v) is 9.64. The Morgan fingerprint density at radius 2 is 2.29 bits per heavy atom. The molecule has 2 heterocycles. The summed E-state index contributed by atoms with van der Waals surface area (Å²) in [5.74, 6) is 0.243. The van der Waals surface area contributed by atoms with E-state index in [9.17, 15) is 4.79 Å². The molecule has 1 amide bonds. The third-order valence-corrected chi connectivity index (χ3v) is 2.40. The van der Waals surface area contributed by atoms with Crippen LogP contribution in [-0.4, -0.2) is 27.7 Å². The van der Waals surface area contributed by atoms with E-state index in [-0.39, 0.29) is 5.91 Å². The van der Waals surface area contributed by atoms with Crippen molar-refractivity contribution in [3.8, 4) is 5.69 Å². The lowest BCUT2D eigenvalue weighted by atomic mass is 10.3. The fourth-order valence-corrected chi connectivity index (χ4v) is 1.42. The predicted molar refractivity (Wildman–Crippen MR) is 63.9 cm³/mol. The van der Waals surface area contributed by atoms with Crippen LogP contribution >= 0.6 is 0 Å². The molecule has 0 spiro atoms. The highest BCUT2D eigenvalue weighted by molar-refractivity contribution is 5.92. The van der Waals surface area contributed by atoms with Crippen LogP contribution < -0.4 is 11.1 Å². The lowest BCUT2D eigenvalue weighted by Crippen LogP contribution is -2.19. The number of hydrogen-bond donors (Lipinski definition) is 2. The Balaban J connectivity index is 2.42. The number of nitrogens with zero attached hydrogens (tertiary/aromatic N) is 3. The molecule has 3 N–H and O–H groups in total. The van der Waals surface area contributed by atoms with Crippen LogP contribution in [0.2, 0.25) is 0 Å². The third-order valence-electron chi connectivity index (χ3n) is 2.40. The summed E-state index contributed by atoms with van der Waals surface area (Å²) in [6, 6.07) is 3.42. The molecule has 2 rings (SSSR count). The van der Waals surface area contributed by atoms with Crippen molar-refractivity contribution >= 4 is 11.7 Å². The van der Waals surface area contributed by atoms with Crippen LogP contribution in [0.15, 0.2) is 24.5 Å². The van der Waals surface area contributed by atoms with E-state index in [0.717, 1.165) is 11.3 Å². The second-order valence-electron chi connectivity index (χ2n) is 3.62. The summed E-state index contributed by atoms with van der Waals surface area (Å²) in [5, 5.41) is 6.66. The summed E-state index contributed by atoms with van der Waals surface area (Å²) in [7, 11) is 1.56. The van der Waals surface area contributed by atoms with Crippen molar-refractivity contribution in [3.05, 3.63) is 35.8 Å². The van der Waals surface area contributed by atoms with Crippen LogP contribution in [0.1, 0.15) is 16.1 Å². The Bertz CT molecular complexity index is 541. The summed E-state index contributed by atoms with van der Waals surface area (Å²) in [6.45, 7) is 1.87. The first-order valence-electron chi connectivity index (χ1n) is 5.12. The number of nitrogen functional groups attached to an aromatic ring is 1. The Hall–Kier alpha value is -2.37. The molecule has 17 heavy (non-hydrogen) atoms. The molecule has 0 aliphatic heterocycles. The lowest BCUT2D eigenvalue weighted by Gasteiger charge is -2.03. The highest BCUT2D eigenvalue weighted by Gasteiger charge is 2.08. The Morgan fingerprint density at radius 3 is 2.88 bits per heavy atom. The highest BCUT2D eigenvalue weighted by atomic mass is 16.1. The van der Waals surface area contributed by atoms with Gasteiger partial charge >= 0.3 is 0 Å². The number of aryl methyl sites for hydroxylation is 1. The minimum Gasteiger partial charge on any atom is -0.382 e. The highest BCUT2D eigenvalue weighted by Crippen LogP contribution is 2.13. The topological polar surface area (TPSA) is 85.8 Å². The number of amides is 1. The standard InChI is InChI=1S/C11H13N5O/c1-7-6-16(15-10(7)12)8-3-4-14-9(5-8)11(17)13-2/h3-6H,1-2H3,(H2,12,15)(H,13,17). The predicted octanol–water partition coefficient (Wildman–Crippen LogP) is 0.518. The average Bonchev–Trinajstić information content (AvgIpc) is 2.69. The van der Waals surface area contributed by atoms with E-state index in [1.54, 1.807) is 36.3 Å². The Labute approximate surface area is 98.5 Å². The number of carbonyl (C=O) groups excluding carboxylic acids is 1. The van der Waals surface area contributed by atoms with E-state index in [2.05, 4.69) is 15.4 Å². The minimum atomic E-state index is -0.233. The van der Waals surface area contributed by atoms with Gasteiger partial charge in [0.1, 0.15) is 11.5 Å². The Kier molecular flexibility index (Phi) is 2.78. The maximum Gasteiger partial charge on any atom is 0.269 e. The van der Waals surface area contributed by atoms with Gasteiger partial charge in [-0.15, -0.1) is 0 Å². The molecular formula is C11H13N5O. The fraction of sp³-hybridized carbons (Fsp3) is 0.182. The molecule has 0 atom stereocenters. The van der Waals surface area contributed by atoms with Gasteiger partial charge in [0.2, 0.25) is 0 Å². The van der Waals surface area contributed by atoms with Gasteiger partial charge in [0.25, 0.3) is 5.91 Å². The summed E-state index contributed by atoms with van der Waals surface area (Å²) >= 11 is 0. The molecule has 6 heteroatoms. The van der Waals surface area contributed by atoms with Crippen LogP contribution in [0.5, 0.6) is 0 Å². The van der Waals surface area contributed by atoms with Gasteiger partial charge in [-0.1, -0.05) is 0 Å². The summed E-state index contributed by atoms with van der Waals surface area (Å²) in [6.07, 6.45) is 3.37. The van der Waals surface area contributed by atoms with Crippen molar-refractivity contribution in [2.45, 2.75) is 6.92 Å². The molecule has 0 unspecified atom stereocenters. The Morgan fingerprint density at radius 1 is 1.53 bits per heavy atom. The zero-order valence-electron chi connectivity index (χ0n) is 9.64. The number of anilines is 1. The van der Waals surface area contributed by atoms with Crippen molar-refractivity contribution < 1.29 is 4.79 Å².